The Hall–Kier alpha value is -1.38. The second-order valence-electron chi connectivity index (χ2n) is 5.05. The summed E-state index contributed by atoms with van der Waals surface area (Å²) in [4.78, 5) is 0. The van der Waals surface area contributed by atoms with Gasteiger partial charge in [0.1, 0.15) is 5.82 Å². The molecule has 0 nitrogen and oxygen atoms in total. The van der Waals surface area contributed by atoms with Crippen LogP contribution in [0.3, 0.4) is 0 Å². The number of hydrogen-bond acceptors (Lipinski definition) is 0. The summed E-state index contributed by atoms with van der Waals surface area (Å²) < 4.78 is 14.9. The van der Waals surface area contributed by atoms with Crippen LogP contribution >= 0.6 is 27.5 Å². The Bertz CT molecular complexity index is 813. The number of aryl methyl sites for hydroxylation is 1. The summed E-state index contributed by atoms with van der Waals surface area (Å²) in [5, 5.41) is 1.71. The number of alkyl halides is 1. The highest BCUT2D eigenvalue weighted by molar-refractivity contribution is 9.10. The van der Waals surface area contributed by atoms with E-state index >= 15 is 0 Å². The zero-order valence-electron chi connectivity index (χ0n) is 11.4. The van der Waals surface area contributed by atoms with Gasteiger partial charge in [0.05, 0.1) is 5.38 Å². The fraction of sp³-hybridized carbons (Fsp3) is 0.111. The molecule has 1 atom stereocenters. The van der Waals surface area contributed by atoms with Crippen molar-refractivity contribution in [2.45, 2.75) is 12.3 Å². The maximum absolute atomic E-state index is 14.2. The maximum atomic E-state index is 14.2. The predicted octanol–water partition coefficient (Wildman–Crippen LogP) is 6.38. The molecule has 3 aromatic rings. The highest BCUT2D eigenvalue weighted by atomic mass is 79.9. The number of rotatable bonds is 2. The molecule has 0 N–H and O–H groups in total. The maximum Gasteiger partial charge on any atom is 0.129 e. The highest BCUT2D eigenvalue weighted by Gasteiger charge is 2.18. The Kier molecular flexibility index (Phi) is 4.01. The first kappa shape index (κ1) is 14.6. The molecule has 0 amide bonds. The van der Waals surface area contributed by atoms with Crippen LogP contribution in [0, 0.1) is 12.7 Å². The molecule has 1 unspecified atom stereocenters. The average molecular weight is 364 g/mol. The van der Waals surface area contributed by atoms with Gasteiger partial charge in [-0.1, -0.05) is 58.4 Å². The number of benzene rings is 3. The lowest BCUT2D eigenvalue weighted by Gasteiger charge is -2.15. The molecule has 0 spiro atoms. The Morgan fingerprint density at radius 1 is 0.952 bits per heavy atom. The van der Waals surface area contributed by atoms with Crippen LogP contribution in [-0.2, 0) is 0 Å². The van der Waals surface area contributed by atoms with E-state index < -0.39 is 5.38 Å². The summed E-state index contributed by atoms with van der Waals surface area (Å²) in [6.45, 7) is 2.07. The van der Waals surface area contributed by atoms with Gasteiger partial charge in [0.15, 0.2) is 0 Å². The van der Waals surface area contributed by atoms with Gasteiger partial charge in [0.2, 0.25) is 0 Å². The van der Waals surface area contributed by atoms with Crippen LogP contribution in [0.15, 0.2) is 59.1 Å². The quantitative estimate of drug-likeness (QED) is 0.463. The minimum atomic E-state index is -0.511. The summed E-state index contributed by atoms with van der Waals surface area (Å²) in [7, 11) is 0. The van der Waals surface area contributed by atoms with Crippen molar-refractivity contribution in [1.29, 1.82) is 0 Å². The van der Waals surface area contributed by atoms with Gasteiger partial charge in [-0.25, -0.2) is 4.39 Å². The monoisotopic (exact) mass is 362 g/mol. The van der Waals surface area contributed by atoms with Crippen molar-refractivity contribution >= 4 is 38.3 Å². The van der Waals surface area contributed by atoms with Gasteiger partial charge in [0, 0.05) is 10.0 Å². The third kappa shape index (κ3) is 2.70. The molecule has 0 saturated heterocycles. The Balaban J connectivity index is 2.18. The van der Waals surface area contributed by atoms with Crippen LogP contribution in [0.1, 0.15) is 22.1 Å². The van der Waals surface area contributed by atoms with Crippen LogP contribution < -0.4 is 0 Å². The third-order valence-corrected chi connectivity index (χ3v) is 4.65. The van der Waals surface area contributed by atoms with Gasteiger partial charge >= 0.3 is 0 Å². The first-order valence-electron chi connectivity index (χ1n) is 6.65. The lowest BCUT2D eigenvalue weighted by Crippen LogP contribution is -1.98. The normalized spacial score (nSPS) is 12.6. The van der Waals surface area contributed by atoms with E-state index in [9.17, 15) is 4.39 Å². The number of hydrogen-bond donors (Lipinski definition) is 0. The minimum Gasteiger partial charge on any atom is -0.207 e. The van der Waals surface area contributed by atoms with E-state index in [0.717, 1.165) is 16.3 Å². The molecule has 0 radical (unpaired) electrons. The van der Waals surface area contributed by atoms with Crippen molar-refractivity contribution in [3.63, 3.8) is 0 Å². The molecule has 0 saturated carbocycles. The van der Waals surface area contributed by atoms with E-state index in [1.807, 2.05) is 36.4 Å². The first-order chi connectivity index (χ1) is 10.1. The van der Waals surface area contributed by atoms with Gasteiger partial charge in [0.25, 0.3) is 0 Å². The van der Waals surface area contributed by atoms with Crippen molar-refractivity contribution < 1.29 is 4.39 Å². The fourth-order valence-corrected chi connectivity index (χ4v) is 3.27. The summed E-state index contributed by atoms with van der Waals surface area (Å²) in [6.07, 6.45) is 0. The summed E-state index contributed by atoms with van der Waals surface area (Å²) in [5.74, 6) is -0.297. The molecule has 106 valence electrons. The Morgan fingerprint density at radius 2 is 1.62 bits per heavy atom. The minimum absolute atomic E-state index is 0.297. The Morgan fingerprint density at radius 3 is 2.33 bits per heavy atom. The van der Waals surface area contributed by atoms with Gasteiger partial charge in [-0.3, -0.25) is 0 Å². The zero-order chi connectivity index (χ0) is 15.0. The van der Waals surface area contributed by atoms with E-state index in [2.05, 4.69) is 28.9 Å². The van der Waals surface area contributed by atoms with Crippen LogP contribution in [0.2, 0.25) is 0 Å². The molecule has 3 heteroatoms. The van der Waals surface area contributed by atoms with Crippen LogP contribution in [0.25, 0.3) is 10.8 Å². The van der Waals surface area contributed by atoms with E-state index in [4.69, 9.17) is 11.6 Å². The smallest absolute Gasteiger partial charge is 0.129 e. The number of fused-ring (bicyclic) bond motifs is 1. The Labute approximate surface area is 136 Å². The molecule has 0 fully saturated rings. The van der Waals surface area contributed by atoms with Crippen LogP contribution in [0.4, 0.5) is 4.39 Å². The van der Waals surface area contributed by atoms with Gasteiger partial charge in [-0.2, -0.15) is 0 Å². The molecular weight excluding hydrogens is 351 g/mol. The van der Waals surface area contributed by atoms with Crippen molar-refractivity contribution in [2.75, 3.05) is 0 Å². The molecule has 0 aliphatic heterocycles. The van der Waals surface area contributed by atoms with Crippen molar-refractivity contribution in [3.8, 4) is 0 Å². The van der Waals surface area contributed by atoms with Crippen LogP contribution in [-0.4, -0.2) is 0 Å². The van der Waals surface area contributed by atoms with Gasteiger partial charge in [-0.05, 0) is 41.0 Å². The van der Waals surface area contributed by atoms with Crippen molar-refractivity contribution in [1.82, 2.24) is 0 Å². The highest BCUT2D eigenvalue weighted by Crippen LogP contribution is 2.36. The molecule has 0 bridgehead atoms. The molecule has 0 aliphatic carbocycles. The first-order valence-corrected chi connectivity index (χ1v) is 7.88. The topological polar surface area (TPSA) is 0 Å². The van der Waals surface area contributed by atoms with E-state index in [0.29, 0.717) is 10.0 Å². The second kappa shape index (κ2) is 5.78. The molecule has 0 aromatic heterocycles. The van der Waals surface area contributed by atoms with Crippen molar-refractivity contribution in [3.05, 3.63) is 81.6 Å². The lowest BCUT2D eigenvalue weighted by molar-refractivity contribution is 0.611. The number of halogens is 3. The van der Waals surface area contributed by atoms with Gasteiger partial charge in [-0.15, -0.1) is 11.6 Å². The predicted molar refractivity (Wildman–Crippen MR) is 90.5 cm³/mol. The molecule has 0 aliphatic rings. The summed E-state index contributed by atoms with van der Waals surface area (Å²) in [5.41, 5.74) is 2.61. The summed E-state index contributed by atoms with van der Waals surface area (Å²) >= 11 is 9.83. The van der Waals surface area contributed by atoms with Gasteiger partial charge < -0.3 is 0 Å². The SMILES string of the molecule is Cc1ccc(C(Cl)c2ccc(Br)cc2F)c2ccccc12. The molecule has 21 heavy (non-hydrogen) atoms. The van der Waals surface area contributed by atoms with E-state index in [1.54, 1.807) is 6.07 Å². The molecule has 0 heterocycles. The largest absolute Gasteiger partial charge is 0.207 e. The lowest BCUT2D eigenvalue weighted by atomic mass is 9.95. The second-order valence-corrected chi connectivity index (χ2v) is 6.40. The molecular formula is C18H13BrClF. The van der Waals surface area contributed by atoms with Crippen molar-refractivity contribution in [2.24, 2.45) is 0 Å². The molecule has 3 rings (SSSR count). The zero-order valence-corrected chi connectivity index (χ0v) is 13.7. The van der Waals surface area contributed by atoms with E-state index in [-0.39, 0.29) is 5.82 Å². The standard InChI is InChI=1S/C18H13BrClF/c1-11-6-8-15(14-5-3-2-4-13(11)14)18(20)16-9-7-12(19)10-17(16)21/h2-10,18H,1H3. The fourth-order valence-electron chi connectivity index (χ4n) is 2.57. The third-order valence-electron chi connectivity index (χ3n) is 3.68. The molecule has 3 aromatic carbocycles. The summed E-state index contributed by atoms with van der Waals surface area (Å²) in [6, 6.07) is 17.1. The average Bonchev–Trinajstić information content (AvgIpc) is 2.47. The van der Waals surface area contributed by atoms with E-state index in [1.165, 1.54) is 11.6 Å². The van der Waals surface area contributed by atoms with Crippen LogP contribution in [0.5, 0.6) is 0 Å².